The Morgan fingerprint density at radius 2 is 1.72 bits per heavy atom. The zero-order chi connectivity index (χ0) is 18.3. The summed E-state index contributed by atoms with van der Waals surface area (Å²) in [5.74, 6) is 1.41. The first kappa shape index (κ1) is 18.8. The molecule has 0 atom stereocenters. The molecular formula is C17H22N4O3S. The number of nitrogens with one attached hydrogen (secondary N) is 2. The van der Waals surface area contributed by atoms with Crippen molar-refractivity contribution < 1.29 is 13.2 Å². The lowest BCUT2D eigenvalue weighted by molar-refractivity contribution is 0.414. The lowest BCUT2D eigenvalue weighted by atomic mass is 10.2. The molecule has 0 amide bonds. The summed E-state index contributed by atoms with van der Waals surface area (Å²) in [6.07, 6.45) is 0. The molecule has 2 rings (SSSR count). The first-order chi connectivity index (χ1) is 11.9. The molecule has 0 saturated heterocycles. The van der Waals surface area contributed by atoms with E-state index in [-0.39, 0.29) is 4.90 Å². The van der Waals surface area contributed by atoms with Gasteiger partial charge in [-0.05, 0) is 35.4 Å². The fourth-order valence-electron chi connectivity index (χ4n) is 2.17. The van der Waals surface area contributed by atoms with Crippen molar-refractivity contribution in [3.05, 3.63) is 59.7 Å². The number of aliphatic imine (C=N–C) groups is 1. The molecule has 0 spiro atoms. The van der Waals surface area contributed by atoms with Crippen LogP contribution in [0, 0.1) is 0 Å². The van der Waals surface area contributed by atoms with Gasteiger partial charge < -0.3 is 15.4 Å². The summed E-state index contributed by atoms with van der Waals surface area (Å²) in [5.41, 5.74) is 1.87. The predicted octanol–water partition coefficient (Wildman–Crippen LogP) is 1.21. The van der Waals surface area contributed by atoms with Crippen LogP contribution in [-0.4, -0.2) is 28.5 Å². The largest absolute Gasteiger partial charge is 0.497 e. The maximum atomic E-state index is 11.4. The Kier molecular flexibility index (Phi) is 6.37. The molecule has 0 saturated carbocycles. The highest BCUT2D eigenvalue weighted by Gasteiger charge is 2.08. The van der Waals surface area contributed by atoms with Gasteiger partial charge in [-0.15, -0.1) is 0 Å². The van der Waals surface area contributed by atoms with Crippen molar-refractivity contribution in [3.63, 3.8) is 0 Å². The number of ether oxygens (including phenoxy) is 1. The zero-order valence-corrected chi connectivity index (χ0v) is 15.0. The quantitative estimate of drug-likeness (QED) is 0.529. The standard InChI is InChI=1S/C17H22N4O3S/c1-19-17(20-11-13-6-8-15(24-2)9-7-13)21-12-14-4-3-5-16(10-14)25(18,22)23/h3-10H,11-12H2,1-2H3,(H2,18,22,23)(H2,19,20,21). The van der Waals surface area contributed by atoms with Gasteiger partial charge in [-0.1, -0.05) is 24.3 Å². The summed E-state index contributed by atoms with van der Waals surface area (Å²) >= 11 is 0. The van der Waals surface area contributed by atoms with Crippen LogP contribution in [-0.2, 0) is 23.1 Å². The van der Waals surface area contributed by atoms with Crippen LogP contribution >= 0.6 is 0 Å². The molecule has 2 aromatic carbocycles. The van der Waals surface area contributed by atoms with Crippen molar-refractivity contribution in [2.45, 2.75) is 18.0 Å². The van der Waals surface area contributed by atoms with Crippen LogP contribution in [0.25, 0.3) is 0 Å². The number of nitrogens with two attached hydrogens (primary N) is 1. The SMILES string of the molecule is CN=C(NCc1ccc(OC)cc1)NCc1cccc(S(N)(=O)=O)c1. The lowest BCUT2D eigenvalue weighted by Gasteiger charge is -2.12. The number of guanidine groups is 1. The molecule has 0 unspecified atom stereocenters. The number of benzene rings is 2. The lowest BCUT2D eigenvalue weighted by Crippen LogP contribution is -2.36. The fraction of sp³-hybridized carbons (Fsp3) is 0.235. The molecule has 0 aliphatic heterocycles. The summed E-state index contributed by atoms with van der Waals surface area (Å²) in [6, 6.07) is 14.2. The summed E-state index contributed by atoms with van der Waals surface area (Å²) in [6.45, 7) is 1.02. The van der Waals surface area contributed by atoms with Gasteiger partial charge in [-0.25, -0.2) is 13.6 Å². The third-order valence-corrected chi connectivity index (χ3v) is 4.44. The fourth-order valence-corrected chi connectivity index (χ4v) is 2.75. The third-order valence-electron chi connectivity index (χ3n) is 3.53. The van der Waals surface area contributed by atoms with E-state index >= 15 is 0 Å². The normalized spacial score (nSPS) is 11.9. The van der Waals surface area contributed by atoms with E-state index in [9.17, 15) is 8.42 Å². The van der Waals surface area contributed by atoms with Crippen molar-refractivity contribution in [3.8, 4) is 5.75 Å². The minimum absolute atomic E-state index is 0.0907. The molecule has 0 fully saturated rings. The topological polar surface area (TPSA) is 106 Å². The average Bonchev–Trinajstić information content (AvgIpc) is 2.62. The van der Waals surface area contributed by atoms with Crippen molar-refractivity contribution in [1.82, 2.24) is 10.6 Å². The maximum Gasteiger partial charge on any atom is 0.238 e. The van der Waals surface area contributed by atoms with Gasteiger partial charge in [0.1, 0.15) is 5.75 Å². The molecule has 0 bridgehead atoms. The van der Waals surface area contributed by atoms with Gasteiger partial charge in [-0.2, -0.15) is 0 Å². The van der Waals surface area contributed by atoms with E-state index in [4.69, 9.17) is 9.88 Å². The molecule has 25 heavy (non-hydrogen) atoms. The maximum absolute atomic E-state index is 11.4. The summed E-state index contributed by atoms with van der Waals surface area (Å²) < 4.78 is 27.9. The first-order valence-electron chi connectivity index (χ1n) is 7.61. The summed E-state index contributed by atoms with van der Waals surface area (Å²) in [5, 5.41) is 11.5. The Hall–Kier alpha value is -2.58. The van der Waals surface area contributed by atoms with E-state index < -0.39 is 10.0 Å². The number of hydrogen-bond donors (Lipinski definition) is 3. The number of nitrogens with zero attached hydrogens (tertiary/aromatic N) is 1. The number of rotatable bonds is 6. The zero-order valence-electron chi connectivity index (χ0n) is 14.2. The van der Waals surface area contributed by atoms with E-state index in [2.05, 4.69) is 15.6 Å². The second-order valence-corrected chi connectivity index (χ2v) is 6.88. The first-order valence-corrected chi connectivity index (χ1v) is 9.16. The molecule has 0 aliphatic carbocycles. The molecule has 0 aliphatic rings. The molecule has 4 N–H and O–H groups in total. The molecular weight excluding hydrogens is 340 g/mol. The van der Waals surface area contributed by atoms with Crippen LogP contribution in [0.4, 0.5) is 0 Å². The Morgan fingerprint density at radius 1 is 1.08 bits per heavy atom. The van der Waals surface area contributed by atoms with Crippen LogP contribution in [0.1, 0.15) is 11.1 Å². The van der Waals surface area contributed by atoms with Gasteiger partial charge in [0.25, 0.3) is 0 Å². The van der Waals surface area contributed by atoms with Crippen molar-refractivity contribution >= 4 is 16.0 Å². The predicted molar refractivity (Wildman–Crippen MR) is 97.8 cm³/mol. The van der Waals surface area contributed by atoms with Gasteiger partial charge in [0, 0.05) is 20.1 Å². The molecule has 7 nitrogen and oxygen atoms in total. The summed E-state index contributed by atoms with van der Waals surface area (Å²) in [7, 11) is -0.406. The minimum atomic E-state index is -3.71. The van der Waals surface area contributed by atoms with E-state index in [1.807, 2.05) is 30.3 Å². The smallest absolute Gasteiger partial charge is 0.238 e. The molecule has 0 heterocycles. The second kappa shape index (κ2) is 8.50. The van der Waals surface area contributed by atoms with E-state index in [0.29, 0.717) is 19.0 Å². The highest BCUT2D eigenvalue weighted by Crippen LogP contribution is 2.11. The van der Waals surface area contributed by atoms with E-state index in [1.54, 1.807) is 26.3 Å². The van der Waals surface area contributed by atoms with Crippen LogP contribution in [0.3, 0.4) is 0 Å². The number of hydrogen-bond acceptors (Lipinski definition) is 4. The molecule has 0 radical (unpaired) electrons. The Morgan fingerprint density at radius 3 is 2.28 bits per heavy atom. The van der Waals surface area contributed by atoms with Crippen LogP contribution in [0.2, 0.25) is 0 Å². The van der Waals surface area contributed by atoms with E-state index in [0.717, 1.165) is 16.9 Å². The number of primary sulfonamides is 1. The van der Waals surface area contributed by atoms with E-state index in [1.165, 1.54) is 6.07 Å². The highest BCUT2D eigenvalue weighted by molar-refractivity contribution is 7.89. The molecule has 0 aromatic heterocycles. The Bertz CT molecular complexity index is 833. The van der Waals surface area contributed by atoms with Gasteiger partial charge in [0.05, 0.1) is 12.0 Å². The average molecular weight is 362 g/mol. The summed E-state index contributed by atoms with van der Waals surface area (Å²) in [4.78, 5) is 4.24. The van der Waals surface area contributed by atoms with Crippen LogP contribution in [0.5, 0.6) is 5.75 Å². The molecule has 2 aromatic rings. The van der Waals surface area contributed by atoms with Gasteiger partial charge in [-0.3, -0.25) is 4.99 Å². The van der Waals surface area contributed by atoms with Crippen molar-refractivity contribution in [2.75, 3.05) is 14.2 Å². The third kappa shape index (κ3) is 5.77. The van der Waals surface area contributed by atoms with Crippen LogP contribution in [0.15, 0.2) is 58.4 Å². The molecule has 134 valence electrons. The van der Waals surface area contributed by atoms with Crippen LogP contribution < -0.4 is 20.5 Å². The monoisotopic (exact) mass is 362 g/mol. The van der Waals surface area contributed by atoms with Gasteiger partial charge >= 0.3 is 0 Å². The van der Waals surface area contributed by atoms with Gasteiger partial charge in [0.2, 0.25) is 10.0 Å². The Labute approximate surface area is 148 Å². The number of sulfonamides is 1. The second-order valence-electron chi connectivity index (χ2n) is 5.32. The number of methoxy groups -OCH3 is 1. The van der Waals surface area contributed by atoms with Crippen molar-refractivity contribution in [2.24, 2.45) is 10.1 Å². The molecule has 8 heteroatoms. The van der Waals surface area contributed by atoms with Crippen molar-refractivity contribution in [1.29, 1.82) is 0 Å². The minimum Gasteiger partial charge on any atom is -0.497 e. The Balaban J connectivity index is 1.92. The van der Waals surface area contributed by atoms with Gasteiger partial charge in [0.15, 0.2) is 5.96 Å². The highest BCUT2D eigenvalue weighted by atomic mass is 32.2.